The van der Waals surface area contributed by atoms with Crippen LogP contribution in [0.5, 0.6) is 5.75 Å². The topological polar surface area (TPSA) is 55.6 Å². The molecule has 2 N–H and O–H groups in total. The van der Waals surface area contributed by atoms with Crippen LogP contribution in [0.1, 0.15) is 31.7 Å². The second kappa shape index (κ2) is 6.75. The standard InChI is InChI=1S/C16H24N2O2/c1-12-10-14(17)8-9-18(12)16(19)7-6-13-4-3-5-15(11-13)20-2/h3-5,11-12,14H,6-10,17H2,1-2H3/t12-,14-/m1/s1. The third-order valence-corrected chi connectivity index (χ3v) is 4.00. The molecule has 0 spiro atoms. The summed E-state index contributed by atoms with van der Waals surface area (Å²) in [6, 6.07) is 8.40. The molecule has 0 bridgehead atoms. The van der Waals surface area contributed by atoms with Gasteiger partial charge in [0, 0.05) is 25.0 Å². The van der Waals surface area contributed by atoms with Gasteiger partial charge in [0.15, 0.2) is 0 Å². The number of ether oxygens (including phenoxy) is 1. The predicted molar refractivity (Wildman–Crippen MR) is 79.7 cm³/mol. The molecule has 4 nitrogen and oxygen atoms in total. The number of hydrogen-bond acceptors (Lipinski definition) is 3. The van der Waals surface area contributed by atoms with Crippen LogP contribution in [0.2, 0.25) is 0 Å². The van der Waals surface area contributed by atoms with Gasteiger partial charge in [-0.1, -0.05) is 12.1 Å². The summed E-state index contributed by atoms with van der Waals surface area (Å²) in [4.78, 5) is 14.3. The molecule has 20 heavy (non-hydrogen) atoms. The van der Waals surface area contributed by atoms with Gasteiger partial charge in [-0.15, -0.1) is 0 Å². The van der Waals surface area contributed by atoms with Crippen LogP contribution in [0.15, 0.2) is 24.3 Å². The maximum atomic E-state index is 12.3. The molecule has 1 aliphatic heterocycles. The third kappa shape index (κ3) is 3.73. The highest BCUT2D eigenvalue weighted by atomic mass is 16.5. The maximum Gasteiger partial charge on any atom is 0.223 e. The fraction of sp³-hybridized carbons (Fsp3) is 0.562. The Bertz CT molecular complexity index is 462. The quantitative estimate of drug-likeness (QED) is 0.914. The minimum Gasteiger partial charge on any atom is -0.497 e. The Hall–Kier alpha value is -1.55. The molecule has 1 fully saturated rings. The van der Waals surface area contributed by atoms with E-state index >= 15 is 0 Å². The van der Waals surface area contributed by atoms with Gasteiger partial charge >= 0.3 is 0 Å². The molecule has 4 heteroatoms. The lowest BCUT2D eigenvalue weighted by atomic mass is 9.98. The first-order valence-electron chi connectivity index (χ1n) is 7.28. The van der Waals surface area contributed by atoms with Crippen LogP contribution in [0.3, 0.4) is 0 Å². The zero-order valence-electron chi connectivity index (χ0n) is 12.3. The van der Waals surface area contributed by atoms with Gasteiger partial charge in [0.25, 0.3) is 0 Å². The molecular formula is C16H24N2O2. The van der Waals surface area contributed by atoms with Crippen molar-refractivity contribution in [1.82, 2.24) is 4.90 Å². The summed E-state index contributed by atoms with van der Waals surface area (Å²) in [5, 5.41) is 0. The van der Waals surface area contributed by atoms with E-state index in [9.17, 15) is 4.79 Å². The first-order chi connectivity index (χ1) is 9.60. The number of amides is 1. The molecule has 0 radical (unpaired) electrons. The summed E-state index contributed by atoms with van der Waals surface area (Å²) in [5.41, 5.74) is 7.07. The lowest BCUT2D eigenvalue weighted by Crippen LogP contribution is -2.48. The van der Waals surface area contributed by atoms with Gasteiger partial charge in [-0.2, -0.15) is 0 Å². The summed E-state index contributed by atoms with van der Waals surface area (Å²) in [5.74, 6) is 1.07. The zero-order valence-corrected chi connectivity index (χ0v) is 12.3. The largest absolute Gasteiger partial charge is 0.497 e. The van der Waals surface area contributed by atoms with Crippen LogP contribution in [0, 0.1) is 0 Å². The maximum absolute atomic E-state index is 12.3. The van der Waals surface area contributed by atoms with Crippen LogP contribution in [-0.4, -0.2) is 36.5 Å². The van der Waals surface area contributed by atoms with Gasteiger partial charge < -0.3 is 15.4 Å². The summed E-state index contributed by atoms with van der Waals surface area (Å²) < 4.78 is 5.20. The number of benzene rings is 1. The molecular weight excluding hydrogens is 252 g/mol. The highest BCUT2D eigenvalue weighted by Crippen LogP contribution is 2.19. The number of nitrogens with zero attached hydrogens (tertiary/aromatic N) is 1. The van der Waals surface area contributed by atoms with Gasteiger partial charge in [0.05, 0.1) is 7.11 Å². The number of methoxy groups -OCH3 is 1. The van der Waals surface area contributed by atoms with E-state index in [0.29, 0.717) is 6.42 Å². The second-order valence-electron chi connectivity index (χ2n) is 5.57. The molecule has 110 valence electrons. The number of nitrogens with two attached hydrogens (primary N) is 1. The van der Waals surface area contributed by atoms with Crippen molar-refractivity contribution in [2.24, 2.45) is 5.73 Å². The highest BCUT2D eigenvalue weighted by molar-refractivity contribution is 5.77. The number of likely N-dealkylation sites (tertiary alicyclic amines) is 1. The van der Waals surface area contributed by atoms with E-state index in [1.165, 1.54) is 0 Å². The van der Waals surface area contributed by atoms with Crippen molar-refractivity contribution in [1.29, 1.82) is 0 Å². The molecule has 1 amide bonds. The molecule has 1 heterocycles. The van der Waals surface area contributed by atoms with E-state index in [1.807, 2.05) is 29.2 Å². The third-order valence-electron chi connectivity index (χ3n) is 4.00. The van der Waals surface area contributed by atoms with Crippen molar-refractivity contribution >= 4 is 5.91 Å². The van der Waals surface area contributed by atoms with E-state index < -0.39 is 0 Å². The van der Waals surface area contributed by atoms with Crippen molar-refractivity contribution < 1.29 is 9.53 Å². The summed E-state index contributed by atoms with van der Waals surface area (Å²) >= 11 is 0. The van der Waals surface area contributed by atoms with E-state index in [0.717, 1.165) is 37.1 Å². The number of rotatable bonds is 4. The predicted octanol–water partition coefficient (Wildman–Crippen LogP) is 1.97. The average molecular weight is 276 g/mol. The van der Waals surface area contributed by atoms with E-state index in [2.05, 4.69) is 6.92 Å². The molecule has 0 aromatic heterocycles. The smallest absolute Gasteiger partial charge is 0.223 e. The summed E-state index contributed by atoms with van der Waals surface area (Å²) in [6.45, 7) is 2.88. The lowest BCUT2D eigenvalue weighted by molar-refractivity contribution is -0.134. The number of piperidine rings is 1. The van der Waals surface area contributed by atoms with Gasteiger partial charge in [0.1, 0.15) is 5.75 Å². The number of aryl methyl sites for hydroxylation is 1. The van der Waals surface area contributed by atoms with Gasteiger partial charge in [-0.3, -0.25) is 4.79 Å². The van der Waals surface area contributed by atoms with Crippen LogP contribution >= 0.6 is 0 Å². The van der Waals surface area contributed by atoms with Crippen molar-refractivity contribution in [3.05, 3.63) is 29.8 Å². The number of carbonyl (C=O) groups excluding carboxylic acids is 1. The molecule has 2 atom stereocenters. The minimum absolute atomic E-state index is 0.229. The fourth-order valence-electron chi connectivity index (χ4n) is 2.80. The Morgan fingerprint density at radius 1 is 1.50 bits per heavy atom. The van der Waals surface area contributed by atoms with Gasteiger partial charge in [0.2, 0.25) is 5.91 Å². The van der Waals surface area contributed by atoms with E-state index in [4.69, 9.17) is 10.5 Å². The summed E-state index contributed by atoms with van der Waals surface area (Å²) in [6.07, 6.45) is 3.12. The molecule has 1 aromatic carbocycles. The number of carbonyl (C=O) groups is 1. The first kappa shape index (κ1) is 14.9. The molecule has 0 unspecified atom stereocenters. The lowest BCUT2D eigenvalue weighted by Gasteiger charge is -2.36. The van der Waals surface area contributed by atoms with Crippen LogP contribution in [-0.2, 0) is 11.2 Å². The number of hydrogen-bond donors (Lipinski definition) is 1. The molecule has 0 aliphatic carbocycles. The van der Waals surface area contributed by atoms with Gasteiger partial charge in [-0.25, -0.2) is 0 Å². The molecule has 1 aliphatic rings. The Morgan fingerprint density at radius 3 is 3.00 bits per heavy atom. The Balaban J connectivity index is 1.88. The van der Waals surface area contributed by atoms with Crippen molar-refractivity contribution in [3.8, 4) is 5.75 Å². The monoisotopic (exact) mass is 276 g/mol. The Labute approximate surface area is 120 Å². The summed E-state index contributed by atoms with van der Waals surface area (Å²) in [7, 11) is 1.66. The minimum atomic E-state index is 0.229. The van der Waals surface area contributed by atoms with Crippen LogP contribution in [0.4, 0.5) is 0 Å². The highest BCUT2D eigenvalue weighted by Gasteiger charge is 2.26. The molecule has 1 saturated heterocycles. The first-order valence-corrected chi connectivity index (χ1v) is 7.28. The Morgan fingerprint density at radius 2 is 2.30 bits per heavy atom. The second-order valence-corrected chi connectivity index (χ2v) is 5.57. The normalized spacial score (nSPS) is 22.6. The fourth-order valence-corrected chi connectivity index (χ4v) is 2.80. The van der Waals surface area contributed by atoms with Crippen LogP contribution in [0.25, 0.3) is 0 Å². The molecule has 0 saturated carbocycles. The van der Waals surface area contributed by atoms with Crippen LogP contribution < -0.4 is 10.5 Å². The van der Waals surface area contributed by atoms with Gasteiger partial charge in [-0.05, 0) is 43.9 Å². The van der Waals surface area contributed by atoms with E-state index in [-0.39, 0.29) is 18.0 Å². The van der Waals surface area contributed by atoms with Crippen molar-refractivity contribution in [3.63, 3.8) is 0 Å². The molecule has 2 rings (SSSR count). The SMILES string of the molecule is COc1cccc(CCC(=O)N2CC[C@@H](N)C[C@H]2C)c1. The van der Waals surface area contributed by atoms with Crippen molar-refractivity contribution in [2.45, 2.75) is 44.7 Å². The molecule has 1 aromatic rings. The van der Waals surface area contributed by atoms with Crippen molar-refractivity contribution in [2.75, 3.05) is 13.7 Å². The average Bonchev–Trinajstić information content (AvgIpc) is 2.45. The zero-order chi connectivity index (χ0) is 14.5. The Kier molecular flexibility index (Phi) is 5.01. The van der Waals surface area contributed by atoms with E-state index in [1.54, 1.807) is 7.11 Å².